The highest BCUT2D eigenvalue weighted by Crippen LogP contribution is 2.22. The van der Waals surface area contributed by atoms with Gasteiger partial charge in [-0.15, -0.1) is 0 Å². The van der Waals surface area contributed by atoms with Crippen LogP contribution in [0.4, 0.5) is 0 Å². The van der Waals surface area contributed by atoms with Crippen molar-refractivity contribution in [3.8, 4) is 5.75 Å². The van der Waals surface area contributed by atoms with Crippen LogP contribution in [0.25, 0.3) is 0 Å². The van der Waals surface area contributed by atoms with Crippen molar-refractivity contribution >= 4 is 19.2 Å². The molecule has 0 amide bonds. The summed E-state index contributed by atoms with van der Waals surface area (Å²) in [6.07, 6.45) is 0. The SMILES string of the molecule is CCN(CC)Cc1cccc(C)c1Pc1ccccc1O. The maximum Gasteiger partial charge on any atom is 0.123 e. The molecule has 0 radical (unpaired) electrons. The summed E-state index contributed by atoms with van der Waals surface area (Å²) >= 11 is 0. The van der Waals surface area contributed by atoms with Crippen LogP contribution in [0.3, 0.4) is 0 Å². The van der Waals surface area contributed by atoms with Gasteiger partial charge in [-0.2, -0.15) is 0 Å². The molecule has 1 N–H and O–H groups in total. The Kier molecular flexibility index (Phi) is 5.78. The van der Waals surface area contributed by atoms with Crippen molar-refractivity contribution in [2.75, 3.05) is 13.1 Å². The predicted octanol–water partition coefficient (Wildman–Crippen LogP) is 3.17. The largest absolute Gasteiger partial charge is 0.507 e. The highest BCUT2D eigenvalue weighted by Gasteiger charge is 2.11. The molecule has 0 aliphatic carbocycles. The van der Waals surface area contributed by atoms with Crippen molar-refractivity contribution in [3.05, 3.63) is 53.6 Å². The molecule has 0 saturated carbocycles. The second kappa shape index (κ2) is 7.59. The van der Waals surface area contributed by atoms with Gasteiger partial charge < -0.3 is 5.11 Å². The van der Waals surface area contributed by atoms with E-state index in [-0.39, 0.29) is 0 Å². The molecule has 2 nitrogen and oxygen atoms in total. The Morgan fingerprint density at radius 1 is 1.00 bits per heavy atom. The van der Waals surface area contributed by atoms with E-state index in [9.17, 15) is 5.11 Å². The number of hydrogen-bond acceptors (Lipinski definition) is 2. The van der Waals surface area contributed by atoms with Crippen molar-refractivity contribution in [1.29, 1.82) is 0 Å². The van der Waals surface area contributed by atoms with E-state index in [0.717, 1.165) is 24.9 Å². The number of aryl methyl sites for hydroxylation is 1. The van der Waals surface area contributed by atoms with Crippen molar-refractivity contribution < 1.29 is 5.11 Å². The highest BCUT2D eigenvalue weighted by molar-refractivity contribution is 7.56. The van der Waals surface area contributed by atoms with Crippen LogP contribution >= 0.6 is 8.58 Å². The second-order valence-electron chi connectivity index (χ2n) is 5.21. The van der Waals surface area contributed by atoms with Gasteiger partial charge in [0.25, 0.3) is 0 Å². The van der Waals surface area contributed by atoms with E-state index in [1.54, 1.807) is 6.07 Å². The van der Waals surface area contributed by atoms with Gasteiger partial charge in [0.15, 0.2) is 0 Å². The third kappa shape index (κ3) is 4.06. The molecule has 0 aliphatic heterocycles. The van der Waals surface area contributed by atoms with E-state index in [1.807, 2.05) is 18.2 Å². The summed E-state index contributed by atoms with van der Waals surface area (Å²) in [6.45, 7) is 9.65. The average molecular weight is 301 g/mol. The van der Waals surface area contributed by atoms with E-state index < -0.39 is 0 Å². The number of aromatic hydroxyl groups is 1. The average Bonchev–Trinajstić information content (AvgIpc) is 2.49. The first-order valence-electron chi connectivity index (χ1n) is 7.51. The molecule has 0 aliphatic rings. The highest BCUT2D eigenvalue weighted by atomic mass is 31.1. The van der Waals surface area contributed by atoms with Crippen LogP contribution in [0.15, 0.2) is 42.5 Å². The molecular weight excluding hydrogens is 277 g/mol. The minimum Gasteiger partial charge on any atom is -0.507 e. The minimum atomic E-state index is 0.396. The van der Waals surface area contributed by atoms with E-state index in [2.05, 4.69) is 43.9 Å². The quantitative estimate of drug-likeness (QED) is 0.828. The monoisotopic (exact) mass is 301 g/mol. The molecule has 112 valence electrons. The molecule has 21 heavy (non-hydrogen) atoms. The topological polar surface area (TPSA) is 23.5 Å². The fraction of sp³-hybridized carbons (Fsp3) is 0.333. The van der Waals surface area contributed by atoms with Crippen LogP contribution in [-0.4, -0.2) is 23.1 Å². The van der Waals surface area contributed by atoms with Crippen molar-refractivity contribution in [1.82, 2.24) is 4.90 Å². The molecule has 2 rings (SSSR count). The Balaban J connectivity index is 2.32. The normalized spacial score (nSPS) is 11.6. The number of phenols is 1. The Bertz CT molecular complexity index is 594. The fourth-order valence-corrected chi connectivity index (χ4v) is 3.71. The van der Waals surface area contributed by atoms with Crippen LogP contribution in [0.5, 0.6) is 5.75 Å². The Morgan fingerprint density at radius 2 is 1.71 bits per heavy atom. The Hall–Kier alpha value is -1.37. The molecule has 1 atom stereocenters. The third-order valence-corrected chi connectivity index (χ3v) is 5.47. The number of para-hydroxylation sites is 1. The molecule has 0 heterocycles. The number of phenolic OH excluding ortho intramolecular Hbond substituents is 1. The second-order valence-corrected chi connectivity index (χ2v) is 6.50. The van der Waals surface area contributed by atoms with Gasteiger partial charge in [0, 0.05) is 11.8 Å². The van der Waals surface area contributed by atoms with Crippen LogP contribution < -0.4 is 10.6 Å². The van der Waals surface area contributed by atoms with Gasteiger partial charge in [0.05, 0.1) is 0 Å². The standard InChI is InChI=1S/C18H24NOP/c1-4-19(5-2)13-15-10-8-9-14(3)18(15)21-17-12-7-6-11-16(17)20/h6-12,20-21H,4-5,13H2,1-3H3. The number of hydrogen-bond donors (Lipinski definition) is 1. The summed E-state index contributed by atoms with van der Waals surface area (Å²) in [6, 6.07) is 14.2. The molecule has 0 aromatic heterocycles. The molecule has 0 bridgehead atoms. The van der Waals surface area contributed by atoms with E-state index in [4.69, 9.17) is 0 Å². The molecule has 0 spiro atoms. The summed E-state index contributed by atoms with van der Waals surface area (Å²) in [7, 11) is 0.499. The van der Waals surface area contributed by atoms with Crippen molar-refractivity contribution in [2.24, 2.45) is 0 Å². The van der Waals surface area contributed by atoms with Gasteiger partial charge in [0.2, 0.25) is 0 Å². The smallest absolute Gasteiger partial charge is 0.123 e. The summed E-state index contributed by atoms with van der Waals surface area (Å²) in [5.74, 6) is 0.396. The molecule has 0 fully saturated rings. The van der Waals surface area contributed by atoms with Gasteiger partial charge in [-0.1, -0.05) is 58.8 Å². The first-order valence-corrected chi connectivity index (χ1v) is 8.51. The fourth-order valence-electron chi connectivity index (χ4n) is 2.44. The van der Waals surface area contributed by atoms with Gasteiger partial charge in [-0.05, 0) is 42.5 Å². The van der Waals surface area contributed by atoms with Crippen LogP contribution in [-0.2, 0) is 6.54 Å². The lowest BCUT2D eigenvalue weighted by Crippen LogP contribution is -2.25. The number of rotatable bonds is 6. The van der Waals surface area contributed by atoms with Gasteiger partial charge in [0.1, 0.15) is 5.75 Å². The molecule has 1 unspecified atom stereocenters. The lowest BCUT2D eigenvalue weighted by molar-refractivity contribution is 0.296. The van der Waals surface area contributed by atoms with Gasteiger partial charge >= 0.3 is 0 Å². The first kappa shape index (κ1) is 16.0. The maximum atomic E-state index is 10.0. The van der Waals surface area contributed by atoms with Crippen molar-refractivity contribution in [3.63, 3.8) is 0 Å². The first-order chi connectivity index (χ1) is 10.2. The minimum absolute atomic E-state index is 0.396. The summed E-state index contributed by atoms with van der Waals surface area (Å²) in [4.78, 5) is 2.42. The lowest BCUT2D eigenvalue weighted by atomic mass is 10.1. The Morgan fingerprint density at radius 3 is 2.38 bits per heavy atom. The summed E-state index contributed by atoms with van der Waals surface area (Å²) < 4.78 is 0. The zero-order valence-corrected chi connectivity index (χ0v) is 14.1. The molecule has 3 heteroatoms. The van der Waals surface area contributed by atoms with Gasteiger partial charge in [-0.25, -0.2) is 0 Å². The summed E-state index contributed by atoms with van der Waals surface area (Å²) in [5, 5.41) is 12.4. The zero-order chi connectivity index (χ0) is 15.2. The predicted molar refractivity (Wildman–Crippen MR) is 93.5 cm³/mol. The summed E-state index contributed by atoms with van der Waals surface area (Å²) in [5.41, 5.74) is 2.68. The third-order valence-electron chi connectivity index (χ3n) is 3.81. The van der Waals surface area contributed by atoms with Crippen LogP contribution in [0.2, 0.25) is 0 Å². The van der Waals surface area contributed by atoms with Crippen LogP contribution in [0.1, 0.15) is 25.0 Å². The molecule has 2 aromatic rings. The van der Waals surface area contributed by atoms with E-state index >= 15 is 0 Å². The van der Waals surface area contributed by atoms with Crippen LogP contribution in [0, 0.1) is 6.92 Å². The zero-order valence-electron chi connectivity index (χ0n) is 13.1. The number of nitrogens with zero attached hydrogens (tertiary/aromatic N) is 1. The number of benzene rings is 2. The molecule has 0 saturated heterocycles. The maximum absolute atomic E-state index is 10.0. The molecule has 2 aromatic carbocycles. The van der Waals surface area contributed by atoms with Gasteiger partial charge in [-0.3, -0.25) is 4.90 Å². The Labute approximate surface area is 129 Å². The van der Waals surface area contributed by atoms with E-state index in [0.29, 0.717) is 14.3 Å². The van der Waals surface area contributed by atoms with Crippen molar-refractivity contribution in [2.45, 2.75) is 27.3 Å². The lowest BCUT2D eigenvalue weighted by Gasteiger charge is -2.21. The van der Waals surface area contributed by atoms with E-state index in [1.165, 1.54) is 16.4 Å². The molecular formula is C18H24NOP.